The number of carbonyl (C=O) groups is 1. The molecule has 3 aromatic rings. The lowest BCUT2D eigenvalue weighted by molar-refractivity contribution is 0.0776. The largest absolute Gasteiger partial charge is 0.336 e. The third kappa shape index (κ3) is 3.33. The number of aromatic nitrogens is 2. The topological polar surface area (TPSA) is 38.1 Å². The summed E-state index contributed by atoms with van der Waals surface area (Å²) >= 11 is 0. The molecule has 1 aromatic heterocycles. The Balaban J connectivity index is 1.65. The number of amides is 1. The quantitative estimate of drug-likeness (QED) is 0.708. The van der Waals surface area contributed by atoms with E-state index in [1.807, 2.05) is 73.8 Å². The van der Waals surface area contributed by atoms with E-state index in [1.165, 1.54) is 12.8 Å². The van der Waals surface area contributed by atoms with Gasteiger partial charge in [0.2, 0.25) is 0 Å². The van der Waals surface area contributed by atoms with Crippen LogP contribution in [0, 0.1) is 0 Å². The summed E-state index contributed by atoms with van der Waals surface area (Å²) < 4.78 is 1.79. The number of nitrogens with zero attached hydrogens (tertiary/aromatic N) is 3. The number of hydrogen-bond acceptors (Lipinski definition) is 2. The lowest BCUT2D eigenvalue weighted by Gasteiger charge is -2.18. The van der Waals surface area contributed by atoms with E-state index in [4.69, 9.17) is 5.10 Å². The van der Waals surface area contributed by atoms with Gasteiger partial charge in [0.1, 0.15) is 5.69 Å². The summed E-state index contributed by atoms with van der Waals surface area (Å²) in [5.74, 6) is 0.503. The van der Waals surface area contributed by atoms with Gasteiger partial charge in [-0.1, -0.05) is 48.5 Å². The Morgan fingerprint density at radius 3 is 2.36 bits per heavy atom. The van der Waals surface area contributed by atoms with Gasteiger partial charge in [0.25, 0.3) is 5.91 Å². The Morgan fingerprint density at radius 1 is 1.08 bits per heavy atom. The Labute approximate surface area is 147 Å². The van der Waals surface area contributed by atoms with Crippen molar-refractivity contribution in [3.8, 4) is 5.69 Å². The molecular weight excluding hydrogens is 310 g/mol. The van der Waals surface area contributed by atoms with Crippen LogP contribution in [-0.2, 0) is 6.54 Å². The van der Waals surface area contributed by atoms with Gasteiger partial charge >= 0.3 is 0 Å². The van der Waals surface area contributed by atoms with Crippen molar-refractivity contribution in [2.75, 3.05) is 7.05 Å². The smallest absolute Gasteiger partial charge is 0.272 e. The molecule has 0 N–H and O–H groups in total. The molecule has 0 radical (unpaired) electrons. The van der Waals surface area contributed by atoms with E-state index in [1.54, 1.807) is 9.58 Å². The van der Waals surface area contributed by atoms with E-state index in [9.17, 15) is 4.79 Å². The van der Waals surface area contributed by atoms with Gasteiger partial charge in [0, 0.05) is 19.5 Å². The lowest BCUT2D eigenvalue weighted by atomic mass is 10.2. The van der Waals surface area contributed by atoms with Crippen LogP contribution in [0.15, 0.2) is 66.7 Å². The van der Waals surface area contributed by atoms with Gasteiger partial charge in [-0.15, -0.1) is 0 Å². The normalized spacial score (nSPS) is 13.6. The van der Waals surface area contributed by atoms with Gasteiger partial charge in [-0.2, -0.15) is 5.10 Å². The standard InChI is InChI=1S/C21H21N3O/c1-23(15-16-8-4-2-5-9-16)21(25)20-14-19(17-12-13-17)22-24(20)18-10-6-3-7-11-18/h2-11,14,17H,12-13,15H2,1H3. The summed E-state index contributed by atoms with van der Waals surface area (Å²) in [6.45, 7) is 0.582. The number of para-hydroxylation sites is 1. The first-order valence-corrected chi connectivity index (χ1v) is 8.67. The molecule has 1 amide bonds. The predicted octanol–water partition coefficient (Wildman–Crippen LogP) is 4.02. The predicted molar refractivity (Wildman–Crippen MR) is 97.8 cm³/mol. The van der Waals surface area contributed by atoms with Crippen LogP contribution in [0.2, 0.25) is 0 Å². The van der Waals surface area contributed by atoms with E-state index in [0.717, 1.165) is 16.9 Å². The highest BCUT2D eigenvalue weighted by molar-refractivity contribution is 5.93. The minimum Gasteiger partial charge on any atom is -0.336 e. The summed E-state index contributed by atoms with van der Waals surface area (Å²) in [4.78, 5) is 14.8. The fourth-order valence-electron chi connectivity index (χ4n) is 3.02. The Kier molecular flexibility index (Phi) is 4.10. The zero-order valence-corrected chi connectivity index (χ0v) is 14.3. The second-order valence-corrected chi connectivity index (χ2v) is 6.62. The highest BCUT2D eigenvalue weighted by Gasteiger charge is 2.29. The minimum atomic E-state index is -0.00731. The maximum absolute atomic E-state index is 13.1. The van der Waals surface area contributed by atoms with Crippen LogP contribution >= 0.6 is 0 Å². The fourth-order valence-corrected chi connectivity index (χ4v) is 3.02. The van der Waals surface area contributed by atoms with Gasteiger partial charge in [0.05, 0.1) is 11.4 Å². The van der Waals surface area contributed by atoms with E-state index in [2.05, 4.69) is 0 Å². The van der Waals surface area contributed by atoms with Gasteiger partial charge in [0.15, 0.2) is 0 Å². The molecule has 2 aromatic carbocycles. The Bertz CT molecular complexity index is 867. The number of hydrogen-bond donors (Lipinski definition) is 0. The molecule has 25 heavy (non-hydrogen) atoms. The molecule has 1 aliphatic carbocycles. The van der Waals surface area contributed by atoms with Gasteiger partial charge in [-0.25, -0.2) is 4.68 Å². The second-order valence-electron chi connectivity index (χ2n) is 6.62. The van der Waals surface area contributed by atoms with Crippen LogP contribution in [0.4, 0.5) is 0 Å². The molecular formula is C21H21N3O. The van der Waals surface area contributed by atoms with Gasteiger partial charge < -0.3 is 4.90 Å². The van der Waals surface area contributed by atoms with Crippen molar-refractivity contribution >= 4 is 5.91 Å². The third-order valence-corrected chi connectivity index (χ3v) is 4.55. The second kappa shape index (κ2) is 6.55. The van der Waals surface area contributed by atoms with Crippen LogP contribution in [-0.4, -0.2) is 27.6 Å². The molecule has 126 valence electrons. The van der Waals surface area contributed by atoms with Crippen molar-refractivity contribution in [1.82, 2.24) is 14.7 Å². The zero-order chi connectivity index (χ0) is 17.2. The van der Waals surface area contributed by atoms with Crippen LogP contribution in [0.5, 0.6) is 0 Å². The van der Waals surface area contributed by atoms with Crippen molar-refractivity contribution in [2.24, 2.45) is 0 Å². The van der Waals surface area contributed by atoms with E-state index < -0.39 is 0 Å². The zero-order valence-electron chi connectivity index (χ0n) is 14.3. The molecule has 0 aliphatic heterocycles. The molecule has 4 rings (SSSR count). The Hall–Kier alpha value is -2.88. The van der Waals surface area contributed by atoms with E-state index >= 15 is 0 Å². The first-order chi connectivity index (χ1) is 12.2. The maximum atomic E-state index is 13.1. The van der Waals surface area contributed by atoms with E-state index in [-0.39, 0.29) is 5.91 Å². The summed E-state index contributed by atoms with van der Waals surface area (Å²) in [5, 5.41) is 4.72. The summed E-state index contributed by atoms with van der Waals surface area (Å²) in [5.41, 5.74) is 3.70. The minimum absolute atomic E-state index is 0.00731. The molecule has 1 saturated carbocycles. The molecule has 4 nitrogen and oxygen atoms in total. The van der Waals surface area contributed by atoms with Crippen molar-refractivity contribution in [2.45, 2.75) is 25.3 Å². The molecule has 0 spiro atoms. The van der Waals surface area contributed by atoms with Crippen molar-refractivity contribution in [3.63, 3.8) is 0 Å². The lowest BCUT2D eigenvalue weighted by Crippen LogP contribution is -2.28. The highest BCUT2D eigenvalue weighted by Crippen LogP contribution is 2.39. The maximum Gasteiger partial charge on any atom is 0.272 e. The van der Waals surface area contributed by atoms with Crippen molar-refractivity contribution in [1.29, 1.82) is 0 Å². The first kappa shape index (κ1) is 15.6. The van der Waals surface area contributed by atoms with Gasteiger partial charge in [-0.3, -0.25) is 4.79 Å². The van der Waals surface area contributed by atoms with Crippen LogP contribution in [0.25, 0.3) is 5.69 Å². The summed E-state index contributed by atoms with van der Waals surface area (Å²) in [6, 6.07) is 21.9. The van der Waals surface area contributed by atoms with Crippen molar-refractivity contribution in [3.05, 3.63) is 83.7 Å². The molecule has 4 heteroatoms. The molecule has 1 aliphatic rings. The summed E-state index contributed by atoms with van der Waals surface area (Å²) in [7, 11) is 1.84. The summed E-state index contributed by atoms with van der Waals surface area (Å²) in [6.07, 6.45) is 2.33. The average Bonchev–Trinajstić information content (AvgIpc) is 3.41. The first-order valence-electron chi connectivity index (χ1n) is 8.67. The molecule has 0 bridgehead atoms. The fraction of sp³-hybridized carbons (Fsp3) is 0.238. The molecule has 1 fully saturated rings. The van der Waals surface area contributed by atoms with E-state index in [0.29, 0.717) is 18.2 Å². The molecule has 1 heterocycles. The van der Waals surface area contributed by atoms with Crippen molar-refractivity contribution < 1.29 is 4.79 Å². The highest BCUT2D eigenvalue weighted by atomic mass is 16.2. The number of carbonyl (C=O) groups excluding carboxylic acids is 1. The molecule has 0 saturated heterocycles. The van der Waals surface area contributed by atoms with Crippen LogP contribution in [0.3, 0.4) is 0 Å². The molecule has 0 unspecified atom stereocenters. The molecule has 0 atom stereocenters. The SMILES string of the molecule is CN(Cc1ccccc1)C(=O)c1cc(C2CC2)nn1-c1ccccc1. The monoisotopic (exact) mass is 331 g/mol. The van der Waals surface area contributed by atoms with Gasteiger partial charge in [-0.05, 0) is 36.6 Å². The van der Waals surface area contributed by atoms with Crippen LogP contribution < -0.4 is 0 Å². The number of benzene rings is 2. The average molecular weight is 331 g/mol. The van der Waals surface area contributed by atoms with Crippen LogP contribution in [0.1, 0.15) is 40.5 Å². The third-order valence-electron chi connectivity index (χ3n) is 4.55. The number of rotatable bonds is 5. The Morgan fingerprint density at radius 2 is 1.72 bits per heavy atom.